The molecule has 0 aromatic heterocycles. The summed E-state index contributed by atoms with van der Waals surface area (Å²) in [6, 6.07) is 13.8. The summed E-state index contributed by atoms with van der Waals surface area (Å²) in [5, 5.41) is 21.7. The van der Waals surface area contributed by atoms with Crippen molar-refractivity contribution in [2.75, 3.05) is 0 Å². The topological polar surface area (TPSA) is 176 Å². The van der Waals surface area contributed by atoms with Crippen molar-refractivity contribution in [1.29, 1.82) is 0 Å². The maximum atomic E-state index is 12.3. The molecule has 0 saturated heterocycles. The fourth-order valence-corrected chi connectivity index (χ4v) is 2.65. The molecule has 3 aromatic rings. The molecule has 3 rings (SSSR count). The van der Waals surface area contributed by atoms with Crippen LogP contribution >= 0.6 is 0 Å². The second kappa shape index (κ2) is 9.86. The maximum Gasteiger partial charge on any atom is 0.416 e. The zero-order chi connectivity index (χ0) is 24.8. The molecule has 34 heavy (non-hydrogen) atoms. The molecule has 0 aliphatic rings. The summed E-state index contributed by atoms with van der Waals surface area (Å²) in [6.45, 7) is 0. The quantitative estimate of drug-likeness (QED) is 0.216. The minimum absolute atomic E-state index is 0.142. The highest BCUT2D eigenvalue weighted by atomic mass is 16.8. The number of benzene rings is 3. The molecular weight excluding hydrogens is 454 g/mol. The van der Waals surface area contributed by atoms with Gasteiger partial charge in [-0.2, -0.15) is 0 Å². The van der Waals surface area contributed by atoms with E-state index in [1.807, 2.05) is 0 Å². The maximum absolute atomic E-state index is 12.3. The average Bonchev–Trinajstić information content (AvgIpc) is 2.83. The Morgan fingerprint density at radius 3 is 1.97 bits per heavy atom. The minimum Gasteiger partial charge on any atom is -0.386 e. The first kappa shape index (κ1) is 23.3. The van der Waals surface area contributed by atoms with Crippen molar-refractivity contribution in [3.63, 3.8) is 0 Å². The number of esters is 2. The summed E-state index contributed by atoms with van der Waals surface area (Å²) in [4.78, 5) is 73.5. The van der Waals surface area contributed by atoms with E-state index < -0.39 is 39.0 Å². The van der Waals surface area contributed by atoms with E-state index in [0.717, 1.165) is 42.5 Å². The largest absolute Gasteiger partial charge is 0.416 e. The second-order valence-corrected chi connectivity index (χ2v) is 6.44. The highest BCUT2D eigenvalue weighted by molar-refractivity contribution is 6.04. The van der Waals surface area contributed by atoms with E-state index in [-0.39, 0.29) is 27.4 Å². The first-order valence-corrected chi connectivity index (χ1v) is 9.21. The third-order valence-corrected chi connectivity index (χ3v) is 4.28. The van der Waals surface area contributed by atoms with Gasteiger partial charge in [0, 0.05) is 30.3 Å². The molecule has 0 N–H and O–H groups in total. The van der Waals surface area contributed by atoms with Crippen molar-refractivity contribution >= 4 is 35.0 Å². The van der Waals surface area contributed by atoms with Crippen LogP contribution in [0.2, 0.25) is 0 Å². The standard InChI is InChI=1S/C21H12N3O10/c25-19(33-21(27)17-6-1-2-7-18(17)23(30)31)14-4-3-5-16(12-14)24(32)34-20(26)13-8-10-15(11-9-13)22(28)29/h1-12H/q+1. The number of hydrogen-bond donors (Lipinski definition) is 0. The van der Waals surface area contributed by atoms with E-state index in [0.29, 0.717) is 0 Å². The minimum atomic E-state index is -1.27. The Hall–Kier alpha value is -5.33. The van der Waals surface area contributed by atoms with E-state index in [2.05, 4.69) is 9.57 Å². The number of rotatable bonds is 7. The predicted molar refractivity (Wildman–Crippen MR) is 111 cm³/mol. The van der Waals surface area contributed by atoms with Crippen molar-refractivity contribution < 1.29 is 38.7 Å². The van der Waals surface area contributed by atoms with Gasteiger partial charge in [0.2, 0.25) is 0 Å². The van der Waals surface area contributed by atoms with Gasteiger partial charge in [-0.05, 0) is 24.3 Å². The monoisotopic (exact) mass is 466 g/mol. The lowest BCUT2D eigenvalue weighted by Crippen LogP contribution is -2.15. The molecule has 13 nitrogen and oxygen atoms in total. The molecule has 0 radical (unpaired) electrons. The summed E-state index contributed by atoms with van der Waals surface area (Å²) in [7, 11) is 0. The lowest BCUT2D eigenvalue weighted by Gasteiger charge is -2.03. The Morgan fingerprint density at radius 1 is 0.647 bits per heavy atom. The molecule has 0 bridgehead atoms. The van der Waals surface area contributed by atoms with E-state index in [9.17, 15) is 39.5 Å². The number of carbonyl (C=O) groups excluding carboxylic acids is 3. The van der Waals surface area contributed by atoms with Gasteiger partial charge in [0.25, 0.3) is 16.3 Å². The fraction of sp³-hybridized carbons (Fsp3) is 0. The van der Waals surface area contributed by atoms with Crippen LogP contribution in [0.1, 0.15) is 31.1 Å². The van der Waals surface area contributed by atoms with Crippen molar-refractivity contribution in [2.24, 2.45) is 0 Å². The van der Waals surface area contributed by atoms with Gasteiger partial charge in [-0.25, -0.2) is 14.4 Å². The third kappa shape index (κ3) is 5.28. The smallest absolute Gasteiger partial charge is 0.386 e. The van der Waals surface area contributed by atoms with E-state index in [1.54, 1.807) is 0 Å². The van der Waals surface area contributed by atoms with Gasteiger partial charge in [0.05, 0.1) is 25.9 Å². The molecule has 0 aliphatic carbocycles. The van der Waals surface area contributed by atoms with Crippen LogP contribution in [0.5, 0.6) is 0 Å². The van der Waals surface area contributed by atoms with Crippen LogP contribution in [0.4, 0.5) is 17.1 Å². The Morgan fingerprint density at radius 2 is 1.32 bits per heavy atom. The van der Waals surface area contributed by atoms with Crippen LogP contribution in [0.15, 0.2) is 72.8 Å². The average molecular weight is 466 g/mol. The number of hydrogen-bond acceptors (Lipinski definition) is 10. The zero-order valence-electron chi connectivity index (χ0n) is 16.9. The molecule has 0 heterocycles. The Kier molecular flexibility index (Phi) is 6.77. The lowest BCUT2D eigenvalue weighted by atomic mass is 10.2. The van der Waals surface area contributed by atoms with Crippen LogP contribution in [0.25, 0.3) is 0 Å². The van der Waals surface area contributed by atoms with E-state index >= 15 is 0 Å². The lowest BCUT2D eigenvalue weighted by molar-refractivity contribution is -0.713. The Bertz CT molecular complexity index is 1330. The number of carbonyl (C=O) groups is 3. The number of nitro benzene ring substituents is 2. The van der Waals surface area contributed by atoms with Gasteiger partial charge in [-0.3, -0.25) is 20.2 Å². The highest BCUT2D eigenvalue weighted by Gasteiger charge is 2.27. The summed E-state index contributed by atoms with van der Waals surface area (Å²) < 4.78 is 4.66. The Balaban J connectivity index is 1.71. The highest BCUT2D eigenvalue weighted by Crippen LogP contribution is 2.21. The van der Waals surface area contributed by atoms with E-state index in [4.69, 9.17) is 0 Å². The summed E-state index contributed by atoms with van der Waals surface area (Å²) in [5.74, 6) is -3.60. The normalized spacial score (nSPS) is 10.1. The number of ether oxygens (including phenoxy) is 1. The van der Waals surface area contributed by atoms with E-state index in [1.165, 1.54) is 30.3 Å². The molecule has 0 fully saturated rings. The molecular formula is C21H12N3O10+. The Labute approximate surface area is 189 Å². The van der Waals surface area contributed by atoms with Crippen LogP contribution in [0, 0.1) is 25.1 Å². The van der Waals surface area contributed by atoms with Crippen molar-refractivity contribution in [3.05, 3.63) is 115 Å². The van der Waals surface area contributed by atoms with Crippen LogP contribution in [-0.2, 0) is 9.57 Å². The number of nitrogens with zero attached hydrogens (tertiary/aromatic N) is 3. The molecule has 170 valence electrons. The molecule has 0 unspecified atom stereocenters. The molecule has 13 heteroatoms. The van der Waals surface area contributed by atoms with Gasteiger partial charge in [-0.1, -0.05) is 18.2 Å². The summed E-state index contributed by atoms with van der Waals surface area (Å²) in [6.07, 6.45) is 0. The summed E-state index contributed by atoms with van der Waals surface area (Å²) in [5.41, 5.74) is -2.01. The molecule has 0 spiro atoms. The van der Waals surface area contributed by atoms with Gasteiger partial charge >= 0.3 is 23.6 Å². The predicted octanol–water partition coefficient (Wildman–Crippen LogP) is 3.68. The molecule has 0 atom stereocenters. The first-order valence-electron chi connectivity index (χ1n) is 9.21. The van der Waals surface area contributed by atoms with Gasteiger partial charge < -0.3 is 4.74 Å². The SMILES string of the molecule is O=C(OC(=O)c1ccccc1[N+](=O)[O-])c1cccc([N+](=O)OC(=O)c2ccc([N+](=O)[O-])cc2)c1. The van der Waals surface area contributed by atoms with Crippen LogP contribution in [-0.4, -0.2) is 32.7 Å². The third-order valence-electron chi connectivity index (χ3n) is 4.28. The van der Waals surface area contributed by atoms with Crippen molar-refractivity contribution in [3.8, 4) is 0 Å². The van der Waals surface area contributed by atoms with Gasteiger partial charge in [0.1, 0.15) is 5.56 Å². The molecule has 0 aliphatic heterocycles. The molecule has 0 amide bonds. The number of non-ortho nitro benzene ring substituents is 1. The van der Waals surface area contributed by atoms with Gasteiger partial charge in [-0.15, -0.1) is 4.84 Å². The number of nitro groups is 2. The fourth-order valence-electron chi connectivity index (χ4n) is 2.65. The van der Waals surface area contributed by atoms with Crippen LogP contribution in [0.3, 0.4) is 0 Å². The number of para-hydroxylation sites is 1. The van der Waals surface area contributed by atoms with Crippen LogP contribution < -0.4 is 0 Å². The molecule has 3 aromatic carbocycles. The van der Waals surface area contributed by atoms with Crippen molar-refractivity contribution in [2.45, 2.75) is 0 Å². The van der Waals surface area contributed by atoms with Gasteiger partial charge in [0.15, 0.2) is 0 Å². The molecule has 0 saturated carbocycles. The second-order valence-electron chi connectivity index (χ2n) is 6.44. The van der Waals surface area contributed by atoms with Crippen molar-refractivity contribution in [1.82, 2.24) is 0 Å². The zero-order valence-corrected chi connectivity index (χ0v) is 16.9. The first-order chi connectivity index (χ1) is 16.2. The summed E-state index contributed by atoms with van der Waals surface area (Å²) >= 11 is 0.